The van der Waals surface area contributed by atoms with Crippen LogP contribution in [0.25, 0.3) is 0 Å². The quantitative estimate of drug-likeness (QED) is 0.605. The molecule has 174 valence electrons. The fourth-order valence-corrected chi connectivity index (χ4v) is 7.23. The molecule has 8 heteroatoms. The number of piperidine rings is 1. The second-order valence-electron chi connectivity index (χ2n) is 9.42. The van der Waals surface area contributed by atoms with Gasteiger partial charge in [0, 0.05) is 17.8 Å². The minimum Gasteiger partial charge on any atom is -0.382 e. The third-order valence-electron chi connectivity index (χ3n) is 7.18. The van der Waals surface area contributed by atoms with Gasteiger partial charge in [-0.3, -0.25) is 0 Å². The molecule has 3 aliphatic rings. The Labute approximate surface area is 191 Å². The van der Waals surface area contributed by atoms with Crippen LogP contribution in [0.3, 0.4) is 0 Å². The van der Waals surface area contributed by atoms with Crippen LogP contribution in [-0.2, 0) is 10.0 Å². The lowest BCUT2D eigenvalue weighted by atomic mass is 9.89. The molecule has 2 saturated carbocycles. The zero-order valence-corrected chi connectivity index (χ0v) is 19.7. The molecule has 0 spiro atoms. The van der Waals surface area contributed by atoms with E-state index in [0.29, 0.717) is 24.9 Å². The molecule has 0 bridgehead atoms. The molecule has 0 unspecified atom stereocenters. The van der Waals surface area contributed by atoms with E-state index in [1.165, 1.54) is 51.3 Å². The van der Waals surface area contributed by atoms with Gasteiger partial charge in [-0.15, -0.1) is 0 Å². The van der Waals surface area contributed by atoms with Crippen molar-refractivity contribution in [2.75, 3.05) is 18.4 Å². The molecule has 5 nitrogen and oxygen atoms in total. The van der Waals surface area contributed by atoms with Gasteiger partial charge >= 0.3 is 0 Å². The summed E-state index contributed by atoms with van der Waals surface area (Å²) in [6, 6.07) is 5.41. The second-order valence-corrected chi connectivity index (χ2v) is 11.5. The van der Waals surface area contributed by atoms with E-state index in [-0.39, 0.29) is 9.92 Å². The van der Waals surface area contributed by atoms with Crippen LogP contribution in [0.2, 0.25) is 5.02 Å². The van der Waals surface area contributed by atoms with Crippen molar-refractivity contribution in [3.05, 3.63) is 23.2 Å². The summed E-state index contributed by atoms with van der Waals surface area (Å²) in [6.07, 6.45) is 10.1. The average Bonchev–Trinajstić information content (AvgIpc) is 2.76. The molecule has 2 atom stereocenters. The summed E-state index contributed by atoms with van der Waals surface area (Å²) in [5.41, 5.74) is 0.839. The number of benzene rings is 1. The smallest absolute Gasteiger partial charge is 0.242 e. The van der Waals surface area contributed by atoms with Crippen molar-refractivity contribution in [2.45, 2.75) is 99.8 Å². The number of rotatable bonds is 6. The van der Waals surface area contributed by atoms with Crippen LogP contribution < -0.4 is 10.0 Å². The van der Waals surface area contributed by atoms with Crippen molar-refractivity contribution in [3.8, 4) is 0 Å². The van der Waals surface area contributed by atoms with Gasteiger partial charge in [0.1, 0.15) is 11.1 Å². The van der Waals surface area contributed by atoms with Gasteiger partial charge in [0.2, 0.25) is 10.0 Å². The van der Waals surface area contributed by atoms with Gasteiger partial charge in [0.05, 0.1) is 11.1 Å². The lowest BCUT2D eigenvalue weighted by Gasteiger charge is -2.39. The molecule has 4 rings (SSSR count). The summed E-state index contributed by atoms with van der Waals surface area (Å²) in [5.74, 6) is 0. The van der Waals surface area contributed by atoms with Crippen molar-refractivity contribution < 1.29 is 12.8 Å². The maximum Gasteiger partial charge on any atom is 0.242 e. The molecule has 1 heterocycles. The molecule has 2 N–H and O–H groups in total. The highest BCUT2D eigenvalue weighted by Gasteiger charge is 2.31. The Bertz CT molecular complexity index is 839. The molecule has 1 aromatic rings. The molecule has 0 aromatic heterocycles. The average molecular weight is 472 g/mol. The van der Waals surface area contributed by atoms with Crippen molar-refractivity contribution in [1.82, 2.24) is 9.62 Å². The predicted molar refractivity (Wildman–Crippen MR) is 124 cm³/mol. The summed E-state index contributed by atoms with van der Waals surface area (Å²) >= 11 is 6.35. The van der Waals surface area contributed by atoms with Crippen LogP contribution >= 0.6 is 11.6 Å². The van der Waals surface area contributed by atoms with Crippen LogP contribution in [0.4, 0.5) is 10.1 Å². The molecule has 1 aromatic carbocycles. The molecule has 0 radical (unpaired) electrons. The molecule has 1 aliphatic heterocycles. The highest BCUT2D eigenvalue weighted by atomic mass is 35.5. The number of alkyl halides is 1. The number of nitrogens with zero attached hydrogens (tertiary/aromatic N) is 1. The third-order valence-corrected chi connectivity index (χ3v) is 9.16. The standard InChI is InChI=1S/C23H35ClFN3O2S/c24-20-16-18(26-17-8-11-19(12-9-17)28-14-4-1-5-15-28)10-13-23(20)31(29,30)27-22-7-3-2-6-21(22)25/h10,13,16-17,19,21-22,26-27H,1-9,11-12,14-15H2/t17?,19?,21-,22-/m1/s1. The Hall–Kier alpha value is -0.890. The number of halogens is 2. The van der Waals surface area contributed by atoms with E-state index in [9.17, 15) is 12.8 Å². The molecule has 3 fully saturated rings. The molecule has 1 saturated heterocycles. The zero-order chi connectivity index (χ0) is 21.8. The molecule has 0 amide bonds. The Kier molecular flexibility index (Phi) is 7.78. The van der Waals surface area contributed by atoms with Crippen molar-refractivity contribution in [3.63, 3.8) is 0 Å². The van der Waals surface area contributed by atoms with Crippen LogP contribution in [0, 0.1) is 0 Å². The van der Waals surface area contributed by atoms with Crippen LogP contribution in [0.15, 0.2) is 23.1 Å². The van der Waals surface area contributed by atoms with Gasteiger partial charge in [0.15, 0.2) is 0 Å². The first-order valence-corrected chi connectivity index (χ1v) is 13.7. The number of anilines is 1. The van der Waals surface area contributed by atoms with Gasteiger partial charge in [0.25, 0.3) is 0 Å². The molecular weight excluding hydrogens is 437 g/mol. The first kappa shape index (κ1) is 23.3. The number of sulfonamides is 1. The van der Waals surface area contributed by atoms with E-state index < -0.39 is 22.2 Å². The first-order chi connectivity index (χ1) is 14.9. The van der Waals surface area contributed by atoms with Crippen LogP contribution in [0.5, 0.6) is 0 Å². The summed E-state index contributed by atoms with van der Waals surface area (Å²) in [4.78, 5) is 2.68. The largest absolute Gasteiger partial charge is 0.382 e. The number of hydrogen-bond acceptors (Lipinski definition) is 4. The molecular formula is C23H35ClFN3O2S. The Morgan fingerprint density at radius 1 is 0.935 bits per heavy atom. The van der Waals surface area contributed by atoms with E-state index in [1.54, 1.807) is 12.1 Å². The van der Waals surface area contributed by atoms with E-state index in [4.69, 9.17) is 11.6 Å². The number of likely N-dealkylation sites (tertiary alicyclic amines) is 1. The monoisotopic (exact) mass is 471 g/mol. The minimum absolute atomic E-state index is 0.0197. The topological polar surface area (TPSA) is 61.4 Å². The summed E-state index contributed by atoms with van der Waals surface area (Å²) in [7, 11) is -3.85. The fourth-order valence-electron chi connectivity index (χ4n) is 5.39. The summed E-state index contributed by atoms with van der Waals surface area (Å²) in [5, 5.41) is 3.71. The Morgan fingerprint density at radius 2 is 1.65 bits per heavy atom. The van der Waals surface area contributed by atoms with Crippen LogP contribution in [0.1, 0.15) is 70.6 Å². The van der Waals surface area contributed by atoms with Gasteiger partial charge in [-0.05, 0) is 82.7 Å². The number of nitrogens with one attached hydrogen (secondary N) is 2. The van der Waals surface area contributed by atoms with Crippen molar-refractivity contribution >= 4 is 27.3 Å². The minimum atomic E-state index is -3.85. The Balaban J connectivity index is 1.33. The maximum atomic E-state index is 14.1. The second kappa shape index (κ2) is 10.4. The van der Waals surface area contributed by atoms with E-state index in [0.717, 1.165) is 31.4 Å². The van der Waals surface area contributed by atoms with Crippen molar-refractivity contribution in [1.29, 1.82) is 0 Å². The summed E-state index contributed by atoms with van der Waals surface area (Å²) < 4.78 is 42.2. The van der Waals surface area contributed by atoms with Gasteiger partial charge in [-0.1, -0.05) is 30.9 Å². The highest BCUT2D eigenvalue weighted by Crippen LogP contribution is 2.31. The number of hydrogen-bond donors (Lipinski definition) is 2. The highest BCUT2D eigenvalue weighted by molar-refractivity contribution is 7.89. The Morgan fingerprint density at radius 3 is 2.32 bits per heavy atom. The van der Waals surface area contributed by atoms with Gasteiger partial charge < -0.3 is 10.2 Å². The van der Waals surface area contributed by atoms with E-state index >= 15 is 0 Å². The van der Waals surface area contributed by atoms with E-state index in [2.05, 4.69) is 14.9 Å². The third kappa shape index (κ3) is 5.92. The van der Waals surface area contributed by atoms with Crippen molar-refractivity contribution in [2.24, 2.45) is 0 Å². The molecule has 2 aliphatic carbocycles. The SMILES string of the molecule is O=S(=O)(N[C@@H]1CCCC[C@H]1F)c1ccc(NC2CCC(N3CCCCC3)CC2)cc1Cl. The predicted octanol–water partition coefficient (Wildman–Crippen LogP) is 5.11. The lowest BCUT2D eigenvalue weighted by Crippen LogP contribution is -2.43. The lowest BCUT2D eigenvalue weighted by molar-refractivity contribution is 0.127. The normalized spacial score (nSPS) is 30.8. The molecule has 31 heavy (non-hydrogen) atoms. The van der Waals surface area contributed by atoms with Crippen LogP contribution in [-0.4, -0.2) is 50.7 Å². The summed E-state index contributed by atoms with van der Waals surface area (Å²) in [6.45, 7) is 2.48. The van der Waals surface area contributed by atoms with E-state index in [1.807, 2.05) is 0 Å². The maximum absolute atomic E-state index is 14.1. The fraction of sp³-hybridized carbons (Fsp3) is 0.739. The first-order valence-electron chi connectivity index (χ1n) is 11.9. The van der Waals surface area contributed by atoms with Gasteiger partial charge in [-0.25, -0.2) is 17.5 Å². The van der Waals surface area contributed by atoms with Gasteiger partial charge in [-0.2, -0.15) is 0 Å². The zero-order valence-electron chi connectivity index (χ0n) is 18.2.